The molecule has 0 amide bonds. The monoisotopic (exact) mass is 217 g/mol. The van der Waals surface area contributed by atoms with E-state index in [4.69, 9.17) is 8.85 Å². The van der Waals surface area contributed by atoms with Crippen LogP contribution in [0.25, 0.3) is 0 Å². The quantitative estimate of drug-likeness (QED) is 0.402. The summed E-state index contributed by atoms with van der Waals surface area (Å²) in [7, 11) is 0.402. The fourth-order valence-electron chi connectivity index (χ4n) is 1.04. The molecule has 5 heteroatoms. The molecule has 0 aromatic rings. The van der Waals surface area contributed by atoms with E-state index in [-0.39, 0.29) is 5.41 Å². The van der Waals surface area contributed by atoms with Crippen molar-refractivity contribution in [3.8, 4) is 0 Å². The Labute approximate surface area is 86.7 Å². The highest BCUT2D eigenvalue weighted by Gasteiger charge is 2.37. The second-order valence-corrected chi connectivity index (χ2v) is 7.35. The van der Waals surface area contributed by atoms with Crippen molar-refractivity contribution < 1.29 is 13.6 Å². The zero-order valence-corrected chi connectivity index (χ0v) is 10.6. The fourth-order valence-corrected chi connectivity index (χ4v) is 3.11. The molecule has 0 bridgehead atoms. The lowest BCUT2D eigenvalue weighted by atomic mass is 9.94. The van der Waals surface area contributed by atoms with Crippen molar-refractivity contribution in [2.45, 2.75) is 33.2 Å². The lowest BCUT2D eigenvalue weighted by molar-refractivity contribution is 0.234. The van der Waals surface area contributed by atoms with Gasteiger partial charge < -0.3 is 8.85 Å². The maximum absolute atomic E-state index is 10.2. The van der Waals surface area contributed by atoms with Gasteiger partial charge in [-0.25, -0.2) is 4.79 Å². The SMILES string of the molecule is CO[Si](CCC(C)(C)C)(N=C=O)OC. The largest absolute Gasteiger partial charge is 0.488 e. The second kappa shape index (κ2) is 5.41. The molecular formula is C9H19NO3Si. The third-order valence-electron chi connectivity index (χ3n) is 2.04. The van der Waals surface area contributed by atoms with Gasteiger partial charge in [0.2, 0.25) is 6.08 Å². The molecule has 0 aliphatic heterocycles. The minimum Gasteiger partial charge on any atom is -0.380 e. The standard InChI is InChI=1S/C9H19NO3Si/c1-9(2,3)6-7-14(12-4,13-5)10-8-11/h6-7H2,1-5H3. The first-order valence-corrected chi connectivity index (χ1v) is 6.55. The Morgan fingerprint density at radius 1 is 1.29 bits per heavy atom. The summed E-state index contributed by atoms with van der Waals surface area (Å²) in [6.45, 7) is 6.38. The van der Waals surface area contributed by atoms with Crippen molar-refractivity contribution in [2.75, 3.05) is 14.2 Å². The molecule has 0 unspecified atom stereocenters. The zero-order valence-electron chi connectivity index (χ0n) is 9.59. The van der Waals surface area contributed by atoms with Crippen LogP contribution < -0.4 is 0 Å². The lowest BCUT2D eigenvalue weighted by Crippen LogP contribution is -2.39. The van der Waals surface area contributed by atoms with E-state index in [1.807, 2.05) is 0 Å². The first kappa shape index (κ1) is 13.5. The Hall–Kier alpha value is -0.483. The van der Waals surface area contributed by atoms with Gasteiger partial charge in [0.1, 0.15) is 0 Å². The number of nitrogens with zero attached hydrogens (tertiary/aromatic N) is 1. The Bertz CT molecular complexity index is 215. The van der Waals surface area contributed by atoms with Gasteiger partial charge in [-0.15, -0.1) is 0 Å². The number of carbonyl (C=O) groups excluding carboxylic acids is 1. The maximum Gasteiger partial charge on any atom is 0.488 e. The van der Waals surface area contributed by atoms with E-state index in [2.05, 4.69) is 25.4 Å². The van der Waals surface area contributed by atoms with E-state index in [0.29, 0.717) is 6.04 Å². The highest BCUT2D eigenvalue weighted by Crippen LogP contribution is 2.26. The van der Waals surface area contributed by atoms with Crippen LogP contribution in [0.2, 0.25) is 6.04 Å². The molecule has 0 radical (unpaired) electrons. The smallest absolute Gasteiger partial charge is 0.380 e. The molecule has 0 saturated carbocycles. The van der Waals surface area contributed by atoms with Crippen LogP contribution in [0.5, 0.6) is 0 Å². The van der Waals surface area contributed by atoms with Crippen LogP contribution >= 0.6 is 0 Å². The van der Waals surface area contributed by atoms with Crippen LogP contribution in [-0.2, 0) is 13.6 Å². The van der Waals surface area contributed by atoms with E-state index in [9.17, 15) is 4.79 Å². The first-order valence-electron chi connectivity index (χ1n) is 4.58. The maximum atomic E-state index is 10.2. The number of isocyanates is 1. The summed E-state index contributed by atoms with van der Waals surface area (Å²) in [5, 5.41) is 0. The highest BCUT2D eigenvalue weighted by atomic mass is 28.4. The fraction of sp³-hybridized carbons (Fsp3) is 0.889. The molecule has 0 spiro atoms. The van der Waals surface area contributed by atoms with E-state index in [1.165, 1.54) is 20.3 Å². The highest BCUT2D eigenvalue weighted by molar-refractivity contribution is 6.66. The summed E-state index contributed by atoms with van der Waals surface area (Å²) >= 11 is 0. The van der Waals surface area contributed by atoms with Crippen LogP contribution in [-0.4, -0.2) is 29.0 Å². The Balaban J connectivity index is 4.44. The molecule has 0 rings (SSSR count). The third kappa shape index (κ3) is 4.67. The summed E-state index contributed by atoms with van der Waals surface area (Å²) in [6, 6.07) is 0.679. The molecule has 0 aromatic carbocycles. The molecule has 0 aromatic heterocycles. The normalized spacial score (nSPS) is 12.4. The van der Waals surface area contributed by atoms with Crippen molar-refractivity contribution in [2.24, 2.45) is 10.1 Å². The molecule has 4 nitrogen and oxygen atoms in total. The van der Waals surface area contributed by atoms with Crippen molar-refractivity contribution in [3.63, 3.8) is 0 Å². The molecule has 0 aliphatic rings. The zero-order chi connectivity index (χ0) is 11.2. The minimum absolute atomic E-state index is 0.188. The average molecular weight is 217 g/mol. The van der Waals surface area contributed by atoms with E-state index < -0.39 is 8.72 Å². The van der Waals surface area contributed by atoms with Gasteiger partial charge in [0.05, 0.1) is 0 Å². The summed E-state index contributed by atoms with van der Waals surface area (Å²) in [6.07, 6.45) is 2.44. The Kier molecular flexibility index (Phi) is 5.22. The number of rotatable bonds is 5. The van der Waals surface area contributed by atoms with Crippen LogP contribution in [0, 0.1) is 5.41 Å². The molecule has 0 fully saturated rings. The van der Waals surface area contributed by atoms with E-state index >= 15 is 0 Å². The molecule has 0 N–H and O–H groups in total. The van der Waals surface area contributed by atoms with Crippen LogP contribution in [0.4, 0.5) is 0 Å². The van der Waals surface area contributed by atoms with E-state index in [1.54, 1.807) is 0 Å². The van der Waals surface area contributed by atoms with Gasteiger partial charge in [-0.2, -0.15) is 4.66 Å². The predicted octanol–water partition coefficient (Wildman–Crippen LogP) is 1.99. The second-order valence-electron chi connectivity index (χ2n) is 4.38. The molecule has 0 atom stereocenters. The van der Waals surface area contributed by atoms with Gasteiger partial charge >= 0.3 is 8.72 Å². The summed E-state index contributed by atoms with van der Waals surface area (Å²) in [5.41, 5.74) is 0.188. The van der Waals surface area contributed by atoms with Gasteiger partial charge in [0.15, 0.2) is 0 Å². The molecule has 0 aliphatic carbocycles. The van der Waals surface area contributed by atoms with Crippen molar-refractivity contribution in [1.29, 1.82) is 0 Å². The topological polar surface area (TPSA) is 47.9 Å². The molecule has 14 heavy (non-hydrogen) atoms. The molecule has 82 valence electrons. The summed E-state index contributed by atoms with van der Waals surface area (Å²) < 4.78 is 14.1. The van der Waals surface area contributed by atoms with Crippen molar-refractivity contribution in [3.05, 3.63) is 0 Å². The number of hydrogen-bond donors (Lipinski definition) is 0. The van der Waals surface area contributed by atoms with Gasteiger partial charge in [-0.3, -0.25) is 0 Å². The van der Waals surface area contributed by atoms with Gasteiger partial charge in [-0.05, 0) is 11.8 Å². The third-order valence-corrected chi connectivity index (χ3v) is 4.63. The molecule has 0 heterocycles. The van der Waals surface area contributed by atoms with Crippen LogP contribution in [0.3, 0.4) is 0 Å². The minimum atomic E-state index is -2.65. The first-order chi connectivity index (χ1) is 6.39. The van der Waals surface area contributed by atoms with E-state index in [0.717, 1.165) is 6.42 Å². The molecule has 0 saturated heterocycles. The Morgan fingerprint density at radius 3 is 2.07 bits per heavy atom. The van der Waals surface area contributed by atoms with Gasteiger partial charge in [0, 0.05) is 20.3 Å². The summed E-state index contributed by atoms with van der Waals surface area (Å²) in [5.74, 6) is 0. The summed E-state index contributed by atoms with van der Waals surface area (Å²) in [4.78, 5) is 10.2. The van der Waals surface area contributed by atoms with Gasteiger partial charge in [-0.1, -0.05) is 20.8 Å². The van der Waals surface area contributed by atoms with Crippen molar-refractivity contribution >= 4 is 14.8 Å². The van der Waals surface area contributed by atoms with Crippen LogP contribution in [0.15, 0.2) is 4.66 Å². The average Bonchev–Trinajstić information content (AvgIpc) is 2.11. The molecular weight excluding hydrogens is 198 g/mol. The lowest BCUT2D eigenvalue weighted by Gasteiger charge is -2.25. The Morgan fingerprint density at radius 2 is 1.79 bits per heavy atom. The van der Waals surface area contributed by atoms with Crippen molar-refractivity contribution in [1.82, 2.24) is 0 Å². The number of hydrogen-bond acceptors (Lipinski definition) is 4. The van der Waals surface area contributed by atoms with Gasteiger partial charge in [0.25, 0.3) is 0 Å². The predicted molar refractivity (Wildman–Crippen MR) is 56.8 cm³/mol. The van der Waals surface area contributed by atoms with Crippen LogP contribution in [0.1, 0.15) is 27.2 Å².